The van der Waals surface area contributed by atoms with Crippen LogP contribution in [0.1, 0.15) is 5.56 Å². The number of morpholine rings is 1. The molecule has 0 aliphatic carbocycles. The van der Waals surface area contributed by atoms with Crippen molar-refractivity contribution in [3.8, 4) is 5.75 Å². The molecule has 1 aliphatic rings. The van der Waals surface area contributed by atoms with Crippen molar-refractivity contribution in [2.24, 2.45) is 0 Å². The van der Waals surface area contributed by atoms with Gasteiger partial charge in [-0.25, -0.2) is 8.42 Å². The number of ether oxygens (including phenoxy) is 2. The quantitative estimate of drug-likeness (QED) is 0.650. The van der Waals surface area contributed by atoms with Gasteiger partial charge in [0.05, 0.1) is 20.3 Å². The maximum atomic E-state index is 13.0. The fraction of sp³-hybridized carbons (Fsp3) is 0.250. The smallest absolute Gasteiger partial charge is 0.248 e. The van der Waals surface area contributed by atoms with Gasteiger partial charge >= 0.3 is 0 Å². The minimum atomic E-state index is -3.80. The van der Waals surface area contributed by atoms with Crippen LogP contribution in [0.5, 0.6) is 5.75 Å². The second-order valence-electron chi connectivity index (χ2n) is 6.37. The number of rotatable bonds is 6. The number of carbonyl (C=O) groups is 1. The molecule has 0 aromatic heterocycles. The monoisotopic (exact) mass is 470 g/mol. The molecule has 1 amide bonds. The molecule has 1 heterocycles. The van der Waals surface area contributed by atoms with Crippen molar-refractivity contribution in [3.63, 3.8) is 0 Å². The Balaban J connectivity index is 1.80. The van der Waals surface area contributed by atoms with Gasteiger partial charge in [0.2, 0.25) is 15.9 Å². The number of nitrogens with zero attached hydrogens (tertiary/aromatic N) is 1. The number of hydrogen-bond acceptors (Lipinski definition) is 5. The molecular weight excluding hydrogens is 451 g/mol. The van der Waals surface area contributed by atoms with Crippen LogP contribution in [0.3, 0.4) is 0 Å². The predicted octanol–water partition coefficient (Wildman–Crippen LogP) is 3.67. The Labute approximate surface area is 185 Å². The highest BCUT2D eigenvalue weighted by Gasteiger charge is 2.29. The van der Waals surface area contributed by atoms with Crippen LogP contribution in [0.15, 0.2) is 47.4 Å². The van der Waals surface area contributed by atoms with E-state index in [9.17, 15) is 13.2 Å². The number of sulfonamides is 1. The molecule has 160 valence electrons. The fourth-order valence-electron chi connectivity index (χ4n) is 2.87. The van der Waals surface area contributed by atoms with Gasteiger partial charge in [0.25, 0.3) is 0 Å². The van der Waals surface area contributed by atoms with Crippen molar-refractivity contribution < 1.29 is 22.7 Å². The van der Waals surface area contributed by atoms with E-state index in [1.54, 1.807) is 30.3 Å². The van der Waals surface area contributed by atoms with Crippen LogP contribution >= 0.6 is 23.2 Å². The van der Waals surface area contributed by atoms with Crippen LogP contribution in [0.2, 0.25) is 10.0 Å². The third kappa shape index (κ3) is 5.33. The molecule has 3 rings (SSSR count). The maximum Gasteiger partial charge on any atom is 0.248 e. The zero-order valence-corrected chi connectivity index (χ0v) is 18.4. The summed E-state index contributed by atoms with van der Waals surface area (Å²) in [5.74, 6) is -0.246. The summed E-state index contributed by atoms with van der Waals surface area (Å²) in [7, 11) is -2.41. The summed E-state index contributed by atoms with van der Waals surface area (Å²) < 4.78 is 37.8. The summed E-state index contributed by atoms with van der Waals surface area (Å²) in [6, 6.07) is 9.38. The second-order valence-corrected chi connectivity index (χ2v) is 9.12. The fourth-order valence-corrected chi connectivity index (χ4v) is 4.93. The Morgan fingerprint density at radius 2 is 1.90 bits per heavy atom. The highest BCUT2D eigenvalue weighted by Crippen LogP contribution is 2.30. The lowest BCUT2D eigenvalue weighted by molar-refractivity contribution is -0.111. The van der Waals surface area contributed by atoms with Gasteiger partial charge in [-0.3, -0.25) is 4.79 Å². The van der Waals surface area contributed by atoms with Crippen LogP contribution in [0.25, 0.3) is 6.08 Å². The van der Waals surface area contributed by atoms with Crippen molar-refractivity contribution in [1.82, 2.24) is 4.31 Å². The first-order chi connectivity index (χ1) is 14.3. The highest BCUT2D eigenvalue weighted by molar-refractivity contribution is 7.89. The Kier molecular flexibility index (Phi) is 7.38. The van der Waals surface area contributed by atoms with Crippen LogP contribution in [0.4, 0.5) is 5.69 Å². The number of anilines is 1. The van der Waals surface area contributed by atoms with Crippen molar-refractivity contribution in [3.05, 3.63) is 58.1 Å². The number of carbonyl (C=O) groups excluding carboxylic acids is 1. The largest absolute Gasteiger partial charge is 0.495 e. The van der Waals surface area contributed by atoms with E-state index in [2.05, 4.69) is 5.32 Å². The third-order valence-electron chi connectivity index (χ3n) is 4.40. The van der Waals surface area contributed by atoms with Gasteiger partial charge < -0.3 is 14.8 Å². The first-order valence-electron chi connectivity index (χ1n) is 9.01. The lowest BCUT2D eigenvalue weighted by atomic mass is 10.2. The lowest BCUT2D eigenvalue weighted by Gasteiger charge is -2.26. The van der Waals surface area contributed by atoms with Crippen molar-refractivity contribution >= 4 is 50.9 Å². The summed E-state index contributed by atoms with van der Waals surface area (Å²) in [6.07, 6.45) is 2.85. The average Bonchev–Trinajstić information content (AvgIpc) is 2.73. The van der Waals surface area contributed by atoms with Crippen LogP contribution in [0, 0.1) is 0 Å². The molecular formula is C20H20Cl2N2O5S. The first-order valence-corrected chi connectivity index (χ1v) is 11.2. The minimum absolute atomic E-state index is 0.0191. The van der Waals surface area contributed by atoms with E-state index >= 15 is 0 Å². The summed E-state index contributed by atoms with van der Waals surface area (Å²) in [4.78, 5) is 12.3. The normalized spacial score (nSPS) is 15.3. The highest BCUT2D eigenvalue weighted by atomic mass is 35.5. The van der Waals surface area contributed by atoms with Crippen molar-refractivity contribution in [1.29, 1.82) is 0 Å². The van der Waals surface area contributed by atoms with E-state index in [-0.39, 0.29) is 23.7 Å². The molecule has 0 unspecified atom stereocenters. The first kappa shape index (κ1) is 22.6. The van der Waals surface area contributed by atoms with Gasteiger partial charge in [0, 0.05) is 34.9 Å². The molecule has 1 N–H and O–H groups in total. The molecule has 7 nitrogen and oxygen atoms in total. The molecule has 0 spiro atoms. The molecule has 1 fully saturated rings. The van der Waals surface area contributed by atoms with Gasteiger partial charge in [0.15, 0.2) is 0 Å². The van der Waals surface area contributed by atoms with Crippen molar-refractivity contribution in [2.45, 2.75) is 4.90 Å². The van der Waals surface area contributed by atoms with Crippen LogP contribution in [-0.2, 0) is 19.6 Å². The third-order valence-corrected chi connectivity index (χ3v) is 6.88. The SMILES string of the molecule is COc1ccc(NC(=O)/C=C/c2ccc(Cl)cc2Cl)cc1S(=O)(=O)N1CCOCC1. The Morgan fingerprint density at radius 3 is 2.57 bits per heavy atom. The Hall–Kier alpha value is -2.10. The van der Waals surface area contributed by atoms with Crippen molar-refractivity contribution in [2.75, 3.05) is 38.7 Å². The van der Waals surface area contributed by atoms with E-state index in [1.807, 2.05) is 0 Å². The predicted molar refractivity (Wildman–Crippen MR) is 117 cm³/mol. The second kappa shape index (κ2) is 9.80. The zero-order valence-electron chi connectivity index (χ0n) is 16.1. The molecule has 2 aromatic carbocycles. The standard InChI is InChI=1S/C20H20Cl2N2O5S/c1-28-18-6-5-16(13-19(18)30(26,27)24-8-10-29-11-9-24)23-20(25)7-3-14-2-4-15(21)12-17(14)22/h2-7,12-13H,8-11H2,1H3,(H,23,25)/b7-3+. The average molecular weight is 471 g/mol. The lowest BCUT2D eigenvalue weighted by Crippen LogP contribution is -2.40. The van der Waals surface area contributed by atoms with Gasteiger partial charge in [-0.15, -0.1) is 0 Å². The Bertz CT molecular complexity index is 1070. The number of halogens is 2. The number of nitrogens with one attached hydrogen (secondary N) is 1. The minimum Gasteiger partial charge on any atom is -0.495 e. The van der Waals surface area contributed by atoms with E-state index < -0.39 is 15.9 Å². The molecule has 10 heteroatoms. The summed E-state index contributed by atoms with van der Waals surface area (Å²) in [6.45, 7) is 1.17. The number of benzene rings is 2. The van der Waals surface area contributed by atoms with E-state index in [1.165, 1.54) is 29.6 Å². The van der Waals surface area contributed by atoms with Crippen LogP contribution in [-0.4, -0.2) is 52.0 Å². The molecule has 0 radical (unpaired) electrons. The molecule has 0 saturated carbocycles. The maximum absolute atomic E-state index is 13.0. The molecule has 0 bridgehead atoms. The number of methoxy groups -OCH3 is 1. The molecule has 1 aliphatic heterocycles. The Morgan fingerprint density at radius 1 is 1.17 bits per heavy atom. The van der Waals surface area contributed by atoms with E-state index in [0.29, 0.717) is 34.5 Å². The van der Waals surface area contributed by atoms with Gasteiger partial charge in [-0.1, -0.05) is 29.3 Å². The van der Waals surface area contributed by atoms with Gasteiger partial charge in [0.1, 0.15) is 10.6 Å². The van der Waals surface area contributed by atoms with Gasteiger partial charge in [-0.2, -0.15) is 4.31 Å². The molecule has 30 heavy (non-hydrogen) atoms. The molecule has 1 saturated heterocycles. The van der Waals surface area contributed by atoms with Gasteiger partial charge in [-0.05, 0) is 42.0 Å². The van der Waals surface area contributed by atoms with E-state index in [0.717, 1.165) is 0 Å². The summed E-state index contributed by atoms with van der Waals surface area (Å²) in [5.41, 5.74) is 0.945. The number of hydrogen-bond donors (Lipinski definition) is 1. The summed E-state index contributed by atoms with van der Waals surface area (Å²) >= 11 is 12.0. The zero-order chi connectivity index (χ0) is 21.7. The summed E-state index contributed by atoms with van der Waals surface area (Å²) in [5, 5.41) is 3.56. The van der Waals surface area contributed by atoms with E-state index in [4.69, 9.17) is 32.7 Å². The topological polar surface area (TPSA) is 84.9 Å². The van der Waals surface area contributed by atoms with Crippen LogP contribution < -0.4 is 10.1 Å². The molecule has 2 aromatic rings. The molecule has 0 atom stereocenters. The number of amides is 1.